The van der Waals surface area contributed by atoms with Crippen LogP contribution in [0.4, 0.5) is 5.82 Å². The molecule has 6 heteroatoms. The highest BCUT2D eigenvalue weighted by Crippen LogP contribution is 2.31. The molecule has 1 aliphatic heterocycles. The molecule has 0 radical (unpaired) electrons. The molecule has 0 N–H and O–H groups in total. The van der Waals surface area contributed by atoms with Crippen molar-refractivity contribution < 1.29 is 4.74 Å². The number of aromatic nitrogens is 1. The summed E-state index contributed by atoms with van der Waals surface area (Å²) in [7, 11) is 1.63. The molecule has 4 nitrogen and oxygen atoms in total. The van der Waals surface area contributed by atoms with Crippen LogP contribution in [-0.4, -0.2) is 49.2 Å². The Labute approximate surface area is 147 Å². The van der Waals surface area contributed by atoms with Crippen LogP contribution < -0.4 is 9.64 Å². The fourth-order valence-electron chi connectivity index (χ4n) is 3.20. The molecule has 0 unspecified atom stereocenters. The summed E-state index contributed by atoms with van der Waals surface area (Å²) in [5.74, 6) is 1.74. The third-order valence-electron chi connectivity index (χ3n) is 4.65. The Morgan fingerprint density at radius 2 is 1.87 bits per heavy atom. The van der Waals surface area contributed by atoms with E-state index >= 15 is 0 Å². The third-order valence-corrected chi connectivity index (χ3v) is 4.94. The van der Waals surface area contributed by atoms with Gasteiger partial charge < -0.3 is 9.64 Å². The van der Waals surface area contributed by atoms with Crippen LogP contribution in [0.1, 0.15) is 12.8 Å². The van der Waals surface area contributed by atoms with Gasteiger partial charge in [-0.25, -0.2) is 4.98 Å². The van der Waals surface area contributed by atoms with Gasteiger partial charge in [-0.1, -0.05) is 11.6 Å². The van der Waals surface area contributed by atoms with Crippen molar-refractivity contribution in [2.45, 2.75) is 18.9 Å². The minimum absolute atomic E-state index is 0. The molecule has 2 aromatic rings. The summed E-state index contributed by atoms with van der Waals surface area (Å²) in [5.41, 5.74) is 0.924. The van der Waals surface area contributed by atoms with E-state index in [1.54, 1.807) is 7.11 Å². The lowest BCUT2D eigenvalue weighted by atomic mass is 10.2. The number of hydrogen-bond donors (Lipinski definition) is 0. The molecular formula is C17H21Cl2N3O. The standard InChI is InChI=1S/C17H20ClN3O.ClH/c1-22-16-10-12-2-5-17(19-15(12)11-14(16)18)21-8-6-20(7-9-21)13-3-4-13;/h2,5,10-11,13H,3-4,6-9H2,1H3;1H. The summed E-state index contributed by atoms with van der Waals surface area (Å²) >= 11 is 6.22. The van der Waals surface area contributed by atoms with Crippen molar-refractivity contribution >= 4 is 40.7 Å². The summed E-state index contributed by atoms with van der Waals surface area (Å²) in [6, 6.07) is 8.89. The number of nitrogens with zero attached hydrogens (tertiary/aromatic N) is 3. The number of anilines is 1. The Kier molecular flexibility index (Phi) is 4.85. The molecule has 124 valence electrons. The number of rotatable bonds is 3. The topological polar surface area (TPSA) is 28.6 Å². The van der Waals surface area contributed by atoms with Gasteiger partial charge in [-0.3, -0.25) is 4.90 Å². The van der Waals surface area contributed by atoms with Crippen LogP contribution in [0.15, 0.2) is 24.3 Å². The molecule has 2 aliphatic rings. The zero-order valence-corrected chi connectivity index (χ0v) is 14.7. The smallest absolute Gasteiger partial charge is 0.138 e. The summed E-state index contributed by atoms with van der Waals surface area (Å²) in [4.78, 5) is 9.77. The van der Waals surface area contributed by atoms with Crippen molar-refractivity contribution in [1.82, 2.24) is 9.88 Å². The monoisotopic (exact) mass is 353 g/mol. The van der Waals surface area contributed by atoms with Gasteiger partial charge in [-0.15, -0.1) is 12.4 Å². The van der Waals surface area contributed by atoms with Crippen molar-refractivity contribution in [2.24, 2.45) is 0 Å². The lowest BCUT2D eigenvalue weighted by Gasteiger charge is -2.35. The summed E-state index contributed by atoms with van der Waals surface area (Å²) in [5, 5.41) is 1.67. The van der Waals surface area contributed by atoms with Crippen LogP contribution in [0.3, 0.4) is 0 Å². The minimum Gasteiger partial charge on any atom is -0.495 e. The van der Waals surface area contributed by atoms with Crippen molar-refractivity contribution in [3.05, 3.63) is 29.3 Å². The number of methoxy groups -OCH3 is 1. The first kappa shape index (κ1) is 16.6. The predicted molar refractivity (Wildman–Crippen MR) is 97.4 cm³/mol. The van der Waals surface area contributed by atoms with Crippen LogP contribution in [0.25, 0.3) is 10.9 Å². The number of hydrogen-bond acceptors (Lipinski definition) is 4. The van der Waals surface area contributed by atoms with Crippen LogP contribution in [0.2, 0.25) is 5.02 Å². The van der Waals surface area contributed by atoms with Gasteiger partial charge in [0.1, 0.15) is 11.6 Å². The molecule has 1 aliphatic carbocycles. The highest BCUT2D eigenvalue weighted by atomic mass is 35.5. The Morgan fingerprint density at radius 3 is 2.52 bits per heavy atom. The molecule has 0 amide bonds. The van der Waals surface area contributed by atoms with Crippen molar-refractivity contribution in [2.75, 3.05) is 38.2 Å². The summed E-state index contributed by atoms with van der Waals surface area (Å²) in [6.07, 6.45) is 2.77. The molecule has 1 aromatic carbocycles. The maximum absolute atomic E-state index is 6.22. The number of piperazine rings is 1. The summed E-state index contributed by atoms with van der Waals surface area (Å²) in [6.45, 7) is 4.40. The number of halogens is 2. The molecular weight excluding hydrogens is 333 g/mol. The van der Waals surface area contributed by atoms with Gasteiger partial charge in [0, 0.05) is 37.6 Å². The Bertz CT molecular complexity index is 698. The SMILES string of the molecule is COc1cc2ccc(N3CCN(C4CC4)CC3)nc2cc1Cl.Cl. The highest BCUT2D eigenvalue weighted by Gasteiger charge is 2.31. The van der Waals surface area contributed by atoms with E-state index in [2.05, 4.69) is 21.9 Å². The van der Waals surface area contributed by atoms with E-state index in [-0.39, 0.29) is 12.4 Å². The Morgan fingerprint density at radius 1 is 1.13 bits per heavy atom. The van der Waals surface area contributed by atoms with Gasteiger partial charge in [0.15, 0.2) is 0 Å². The minimum atomic E-state index is 0. The molecule has 1 saturated heterocycles. The second-order valence-electron chi connectivity index (χ2n) is 6.10. The highest BCUT2D eigenvalue weighted by molar-refractivity contribution is 6.32. The van der Waals surface area contributed by atoms with Crippen LogP contribution >= 0.6 is 24.0 Å². The number of fused-ring (bicyclic) bond motifs is 1. The van der Waals surface area contributed by atoms with Crippen LogP contribution in [0.5, 0.6) is 5.75 Å². The van der Waals surface area contributed by atoms with E-state index in [0.29, 0.717) is 10.8 Å². The van der Waals surface area contributed by atoms with Crippen molar-refractivity contribution in [3.63, 3.8) is 0 Å². The normalized spacial score (nSPS) is 18.8. The van der Waals surface area contributed by atoms with Gasteiger partial charge >= 0.3 is 0 Å². The Balaban J connectivity index is 0.00000156. The van der Waals surface area contributed by atoms with E-state index in [1.165, 1.54) is 12.8 Å². The van der Waals surface area contributed by atoms with E-state index in [9.17, 15) is 0 Å². The molecule has 1 saturated carbocycles. The lowest BCUT2D eigenvalue weighted by molar-refractivity contribution is 0.247. The fraction of sp³-hybridized carbons (Fsp3) is 0.471. The first-order valence-electron chi connectivity index (χ1n) is 7.88. The fourth-order valence-corrected chi connectivity index (χ4v) is 3.44. The maximum Gasteiger partial charge on any atom is 0.138 e. The quantitative estimate of drug-likeness (QED) is 0.842. The van der Waals surface area contributed by atoms with Crippen molar-refractivity contribution in [1.29, 1.82) is 0 Å². The Hall–Kier alpha value is -1.23. The maximum atomic E-state index is 6.22. The molecule has 4 rings (SSSR count). The molecule has 0 bridgehead atoms. The molecule has 23 heavy (non-hydrogen) atoms. The first-order valence-corrected chi connectivity index (χ1v) is 8.26. The second-order valence-corrected chi connectivity index (χ2v) is 6.51. The van der Waals surface area contributed by atoms with E-state index in [0.717, 1.165) is 48.9 Å². The number of ether oxygens (including phenoxy) is 1. The van der Waals surface area contributed by atoms with Crippen LogP contribution in [0, 0.1) is 0 Å². The summed E-state index contributed by atoms with van der Waals surface area (Å²) < 4.78 is 5.26. The average molecular weight is 354 g/mol. The molecule has 0 spiro atoms. The lowest BCUT2D eigenvalue weighted by Crippen LogP contribution is -2.47. The van der Waals surface area contributed by atoms with E-state index in [4.69, 9.17) is 21.3 Å². The first-order chi connectivity index (χ1) is 10.7. The average Bonchev–Trinajstić information content (AvgIpc) is 3.39. The van der Waals surface area contributed by atoms with Gasteiger partial charge in [0.25, 0.3) is 0 Å². The van der Waals surface area contributed by atoms with Gasteiger partial charge in [-0.05, 0) is 37.1 Å². The van der Waals surface area contributed by atoms with Gasteiger partial charge in [0.05, 0.1) is 17.6 Å². The van der Waals surface area contributed by atoms with Crippen LogP contribution in [-0.2, 0) is 0 Å². The zero-order chi connectivity index (χ0) is 15.1. The van der Waals surface area contributed by atoms with Crippen molar-refractivity contribution in [3.8, 4) is 5.75 Å². The largest absolute Gasteiger partial charge is 0.495 e. The molecule has 0 atom stereocenters. The number of benzene rings is 1. The van der Waals surface area contributed by atoms with Gasteiger partial charge in [-0.2, -0.15) is 0 Å². The molecule has 2 heterocycles. The van der Waals surface area contributed by atoms with E-state index in [1.807, 2.05) is 12.1 Å². The van der Waals surface area contributed by atoms with E-state index < -0.39 is 0 Å². The second kappa shape index (κ2) is 6.71. The predicted octanol–water partition coefficient (Wildman–Crippen LogP) is 3.60. The number of pyridine rings is 1. The third kappa shape index (κ3) is 3.35. The molecule has 1 aromatic heterocycles. The zero-order valence-electron chi connectivity index (χ0n) is 13.2. The van der Waals surface area contributed by atoms with Gasteiger partial charge in [0.2, 0.25) is 0 Å². The molecule has 2 fully saturated rings.